The zero-order valence-corrected chi connectivity index (χ0v) is 7.74. The number of carbonyl (C=O) groups excluding carboxylic acids is 1. The molecule has 72 valence electrons. The molecule has 12 heavy (non-hydrogen) atoms. The molecular weight excluding hydrogens is 160 g/mol. The molecule has 0 radical (unpaired) electrons. The summed E-state index contributed by atoms with van der Waals surface area (Å²) >= 11 is 0. The fourth-order valence-corrected chi connectivity index (χ4v) is 0.892. The summed E-state index contributed by atoms with van der Waals surface area (Å²) in [4.78, 5) is 10.7. The van der Waals surface area contributed by atoms with Crippen LogP contribution in [0.1, 0.15) is 19.8 Å². The third-order valence-electron chi connectivity index (χ3n) is 1.62. The van der Waals surface area contributed by atoms with Crippen LogP contribution >= 0.6 is 0 Å². The van der Waals surface area contributed by atoms with Crippen LogP contribution in [0.3, 0.4) is 0 Å². The van der Waals surface area contributed by atoms with Crippen LogP contribution in [0.15, 0.2) is 0 Å². The lowest BCUT2D eigenvalue weighted by molar-refractivity contribution is -0.142. The maximum absolute atomic E-state index is 10.7. The molecule has 0 aliphatic heterocycles. The molecule has 2 atom stereocenters. The van der Waals surface area contributed by atoms with E-state index in [4.69, 9.17) is 5.11 Å². The van der Waals surface area contributed by atoms with Gasteiger partial charge >= 0.3 is 5.97 Å². The number of ether oxygens (including phenoxy) is 2. The van der Waals surface area contributed by atoms with E-state index in [9.17, 15) is 4.79 Å². The molecule has 0 aromatic heterocycles. The van der Waals surface area contributed by atoms with Crippen molar-refractivity contribution in [2.75, 3.05) is 14.2 Å². The van der Waals surface area contributed by atoms with Gasteiger partial charge in [-0.15, -0.1) is 0 Å². The van der Waals surface area contributed by atoms with Crippen molar-refractivity contribution >= 4 is 5.97 Å². The van der Waals surface area contributed by atoms with Gasteiger partial charge < -0.3 is 14.6 Å². The number of hydrogen-bond donors (Lipinski definition) is 1. The fourth-order valence-electron chi connectivity index (χ4n) is 0.892. The topological polar surface area (TPSA) is 55.8 Å². The van der Waals surface area contributed by atoms with E-state index in [1.165, 1.54) is 14.2 Å². The molecule has 0 rings (SSSR count). The number of aliphatic hydroxyl groups excluding tert-OH is 1. The van der Waals surface area contributed by atoms with Crippen molar-refractivity contribution in [3.63, 3.8) is 0 Å². The number of esters is 1. The minimum Gasteiger partial charge on any atom is -0.469 e. The van der Waals surface area contributed by atoms with E-state index < -0.39 is 6.29 Å². The first kappa shape index (κ1) is 11.4. The summed E-state index contributed by atoms with van der Waals surface area (Å²) in [5.74, 6) is -0.182. The van der Waals surface area contributed by atoms with Crippen molar-refractivity contribution in [2.24, 2.45) is 5.92 Å². The van der Waals surface area contributed by atoms with E-state index >= 15 is 0 Å². The Bertz CT molecular complexity index is 135. The van der Waals surface area contributed by atoms with Gasteiger partial charge in [0.2, 0.25) is 0 Å². The highest BCUT2D eigenvalue weighted by Crippen LogP contribution is 2.11. The Kier molecular flexibility index (Phi) is 5.66. The summed E-state index contributed by atoms with van der Waals surface area (Å²) in [6.45, 7) is 1.86. The standard InChI is InChI=1S/C8H16O4/c1-6(4-7(9)11-2)5-8(10)12-3/h6-7,9H,4-5H2,1-3H3/t6-,7+/m1/s1. The van der Waals surface area contributed by atoms with Crippen LogP contribution in [0.25, 0.3) is 0 Å². The number of hydrogen-bond acceptors (Lipinski definition) is 4. The molecule has 0 aromatic rings. The smallest absolute Gasteiger partial charge is 0.305 e. The van der Waals surface area contributed by atoms with Crippen LogP contribution in [0.2, 0.25) is 0 Å². The van der Waals surface area contributed by atoms with Gasteiger partial charge in [-0.05, 0) is 5.92 Å². The average molecular weight is 176 g/mol. The molecule has 0 amide bonds. The first-order valence-corrected chi connectivity index (χ1v) is 3.87. The second-order valence-corrected chi connectivity index (χ2v) is 2.81. The molecule has 4 heteroatoms. The Morgan fingerprint density at radius 2 is 2.08 bits per heavy atom. The Balaban J connectivity index is 3.58. The predicted octanol–water partition coefficient (Wildman–Crippen LogP) is 0.540. The monoisotopic (exact) mass is 176 g/mol. The van der Waals surface area contributed by atoms with Crippen LogP contribution < -0.4 is 0 Å². The summed E-state index contributed by atoms with van der Waals surface area (Å²) in [5, 5.41) is 9.04. The van der Waals surface area contributed by atoms with Crippen molar-refractivity contribution in [1.29, 1.82) is 0 Å². The second-order valence-electron chi connectivity index (χ2n) is 2.81. The predicted molar refractivity (Wildman–Crippen MR) is 43.4 cm³/mol. The molecular formula is C8H16O4. The third kappa shape index (κ3) is 5.09. The Morgan fingerprint density at radius 1 is 1.50 bits per heavy atom. The van der Waals surface area contributed by atoms with E-state index in [1.54, 1.807) is 0 Å². The van der Waals surface area contributed by atoms with E-state index in [1.807, 2.05) is 6.92 Å². The minimum absolute atomic E-state index is 0.0763. The first-order chi connectivity index (χ1) is 5.60. The van der Waals surface area contributed by atoms with Gasteiger partial charge in [-0.2, -0.15) is 0 Å². The van der Waals surface area contributed by atoms with Crippen molar-refractivity contribution < 1.29 is 19.4 Å². The summed E-state index contributed by atoms with van der Waals surface area (Å²) in [5.41, 5.74) is 0. The van der Waals surface area contributed by atoms with Gasteiger partial charge in [0.1, 0.15) is 0 Å². The number of methoxy groups -OCH3 is 2. The molecule has 0 aromatic carbocycles. The van der Waals surface area contributed by atoms with Gasteiger partial charge in [0, 0.05) is 20.0 Å². The zero-order chi connectivity index (χ0) is 9.56. The SMILES string of the molecule is COC(=O)C[C@H](C)C[C@@H](O)OC. The zero-order valence-electron chi connectivity index (χ0n) is 7.74. The van der Waals surface area contributed by atoms with Crippen molar-refractivity contribution in [3.05, 3.63) is 0 Å². The van der Waals surface area contributed by atoms with E-state index in [0.29, 0.717) is 12.8 Å². The van der Waals surface area contributed by atoms with Gasteiger partial charge in [0.15, 0.2) is 6.29 Å². The molecule has 0 aliphatic carbocycles. The van der Waals surface area contributed by atoms with Gasteiger partial charge in [0.05, 0.1) is 7.11 Å². The lowest BCUT2D eigenvalue weighted by Crippen LogP contribution is -2.16. The largest absolute Gasteiger partial charge is 0.469 e. The molecule has 0 bridgehead atoms. The van der Waals surface area contributed by atoms with Crippen LogP contribution in [0.4, 0.5) is 0 Å². The van der Waals surface area contributed by atoms with Gasteiger partial charge in [-0.25, -0.2) is 0 Å². The van der Waals surface area contributed by atoms with Gasteiger partial charge in [0.25, 0.3) is 0 Å². The normalized spacial score (nSPS) is 15.3. The minimum atomic E-state index is -0.787. The summed E-state index contributed by atoms with van der Waals surface area (Å²) in [6.07, 6.45) is -0.0210. The average Bonchev–Trinajstić information content (AvgIpc) is 2.03. The number of rotatable bonds is 5. The first-order valence-electron chi connectivity index (χ1n) is 3.87. The Labute approximate surface area is 72.5 Å². The maximum atomic E-state index is 10.7. The van der Waals surface area contributed by atoms with Crippen LogP contribution in [-0.4, -0.2) is 31.6 Å². The maximum Gasteiger partial charge on any atom is 0.305 e. The lowest BCUT2D eigenvalue weighted by atomic mass is 10.0. The van der Waals surface area contributed by atoms with Crippen molar-refractivity contribution in [2.45, 2.75) is 26.1 Å². The lowest BCUT2D eigenvalue weighted by Gasteiger charge is -2.13. The Hall–Kier alpha value is -0.610. The molecule has 0 saturated heterocycles. The van der Waals surface area contributed by atoms with Gasteiger partial charge in [-0.1, -0.05) is 6.92 Å². The molecule has 0 unspecified atom stereocenters. The number of carbonyl (C=O) groups is 1. The van der Waals surface area contributed by atoms with Crippen LogP contribution in [-0.2, 0) is 14.3 Å². The van der Waals surface area contributed by atoms with Crippen molar-refractivity contribution in [3.8, 4) is 0 Å². The highest BCUT2D eigenvalue weighted by molar-refractivity contribution is 5.69. The molecule has 0 spiro atoms. The van der Waals surface area contributed by atoms with Crippen LogP contribution in [0.5, 0.6) is 0 Å². The molecule has 0 aliphatic rings. The fraction of sp³-hybridized carbons (Fsp3) is 0.875. The summed E-state index contributed by atoms with van der Waals surface area (Å²) in [7, 11) is 2.78. The second kappa shape index (κ2) is 5.97. The quantitative estimate of drug-likeness (QED) is 0.490. The Morgan fingerprint density at radius 3 is 2.50 bits per heavy atom. The molecule has 0 saturated carbocycles. The highest BCUT2D eigenvalue weighted by atomic mass is 16.6. The van der Waals surface area contributed by atoms with E-state index in [-0.39, 0.29) is 11.9 Å². The third-order valence-corrected chi connectivity index (χ3v) is 1.62. The van der Waals surface area contributed by atoms with Crippen molar-refractivity contribution in [1.82, 2.24) is 0 Å². The van der Waals surface area contributed by atoms with E-state index in [2.05, 4.69) is 9.47 Å². The highest BCUT2D eigenvalue weighted by Gasteiger charge is 2.13. The molecule has 0 fully saturated rings. The summed E-state index contributed by atoms with van der Waals surface area (Å²) < 4.78 is 9.11. The van der Waals surface area contributed by atoms with E-state index in [0.717, 1.165) is 0 Å². The molecule has 1 N–H and O–H groups in total. The molecule has 4 nitrogen and oxygen atoms in total. The summed E-state index contributed by atoms with van der Waals surface area (Å²) in [6, 6.07) is 0. The molecule has 0 heterocycles. The van der Waals surface area contributed by atoms with Crippen LogP contribution in [0, 0.1) is 5.92 Å². The van der Waals surface area contributed by atoms with Gasteiger partial charge in [-0.3, -0.25) is 4.79 Å². The number of aliphatic hydroxyl groups is 1.